The Balaban J connectivity index is 1.42. The van der Waals surface area contributed by atoms with E-state index in [1.165, 1.54) is 17.7 Å². The minimum Gasteiger partial charge on any atom is -0.492 e. The van der Waals surface area contributed by atoms with Gasteiger partial charge < -0.3 is 25.4 Å². The van der Waals surface area contributed by atoms with Crippen LogP contribution in [0.2, 0.25) is 0 Å². The molecule has 4 rings (SSSR count). The number of fused-ring (bicyclic) bond motifs is 2. The summed E-state index contributed by atoms with van der Waals surface area (Å²) in [7, 11) is -1.87. The van der Waals surface area contributed by atoms with Crippen LogP contribution in [0, 0.1) is 5.82 Å². The highest BCUT2D eigenvalue weighted by Gasteiger charge is 2.43. The number of likely N-dealkylation sites (tertiary alicyclic amines) is 1. The number of benzene rings is 2. The first-order valence-electron chi connectivity index (χ1n) is 9.80. The Labute approximate surface area is 169 Å². The number of rotatable bonds is 4. The van der Waals surface area contributed by atoms with Gasteiger partial charge in [-0.2, -0.15) is 0 Å². The molecule has 0 atom stereocenters. The quantitative estimate of drug-likeness (QED) is 0.651. The lowest BCUT2D eigenvalue weighted by atomic mass is 9.74. The number of amides is 1. The predicted molar refractivity (Wildman–Crippen MR) is 107 cm³/mol. The van der Waals surface area contributed by atoms with Crippen molar-refractivity contribution in [3.63, 3.8) is 0 Å². The van der Waals surface area contributed by atoms with Gasteiger partial charge in [0.2, 0.25) is 5.91 Å². The minimum atomic E-state index is -1.87. The highest BCUT2D eigenvalue weighted by atomic mass is 19.1. The molecule has 2 aromatic rings. The number of ether oxygens (including phenoxy) is 1. The van der Waals surface area contributed by atoms with Crippen LogP contribution in [-0.2, 0) is 23.2 Å². The van der Waals surface area contributed by atoms with E-state index in [9.17, 15) is 9.18 Å². The van der Waals surface area contributed by atoms with Crippen molar-refractivity contribution < 1.29 is 24.0 Å². The average Bonchev–Trinajstić information content (AvgIpc) is 3.05. The molecule has 2 aliphatic rings. The molecule has 1 saturated heterocycles. The Morgan fingerprint density at radius 3 is 2.55 bits per heavy atom. The molecule has 0 saturated carbocycles. The summed E-state index contributed by atoms with van der Waals surface area (Å²) in [6.45, 7) is 2.33. The van der Waals surface area contributed by atoms with Gasteiger partial charge in [-0.25, -0.2) is 4.39 Å². The zero-order chi connectivity index (χ0) is 20.6. The van der Waals surface area contributed by atoms with Crippen LogP contribution in [0.1, 0.15) is 29.5 Å². The Morgan fingerprint density at radius 2 is 1.90 bits per heavy atom. The average molecular weight is 398 g/mol. The van der Waals surface area contributed by atoms with Crippen molar-refractivity contribution in [3.8, 4) is 5.75 Å². The lowest BCUT2D eigenvalue weighted by molar-refractivity contribution is -0.132. The molecule has 1 fully saturated rings. The lowest BCUT2D eigenvalue weighted by Crippen LogP contribution is -2.46. The summed E-state index contributed by atoms with van der Waals surface area (Å²) < 4.78 is 19.8. The third-order valence-corrected chi connectivity index (χ3v) is 6.13. The summed E-state index contributed by atoms with van der Waals surface area (Å²) in [5.41, 5.74) is 8.28. The smallest absolute Gasteiger partial charge is 0.491 e. The number of piperidine rings is 1. The van der Waals surface area contributed by atoms with Crippen molar-refractivity contribution in [1.29, 1.82) is 0 Å². The molecule has 0 bridgehead atoms. The molecule has 0 aromatic heterocycles. The van der Waals surface area contributed by atoms with Gasteiger partial charge in [0.1, 0.15) is 11.6 Å². The second-order valence-corrected chi connectivity index (χ2v) is 7.89. The Kier molecular flexibility index (Phi) is 5.33. The summed E-state index contributed by atoms with van der Waals surface area (Å²) in [6.07, 6.45) is 1.70. The molecule has 29 heavy (non-hydrogen) atoms. The summed E-state index contributed by atoms with van der Waals surface area (Å²) in [4.78, 5) is 14.5. The van der Waals surface area contributed by atoms with Crippen LogP contribution in [0.25, 0.3) is 0 Å². The van der Waals surface area contributed by atoms with E-state index in [1.807, 2.05) is 17.0 Å². The molecular weight excluding hydrogens is 374 g/mol. The standard InChI is InChI=1S/C21H24BFN2O4/c23-18-10-14(1-3-17(18)22(27)28)11-20(26)25-7-5-21(6-8-25)13-29-19-4-2-15(12-24)9-16(19)21/h1-4,9-10,27-28H,5-8,11-13,24H2. The second-order valence-electron chi connectivity index (χ2n) is 7.89. The number of nitrogens with two attached hydrogens (primary N) is 1. The van der Waals surface area contributed by atoms with E-state index >= 15 is 0 Å². The van der Waals surface area contributed by atoms with Gasteiger partial charge in [-0.1, -0.05) is 24.3 Å². The molecule has 6 nitrogen and oxygen atoms in total. The Bertz CT molecular complexity index is 929. The van der Waals surface area contributed by atoms with Crippen molar-refractivity contribution in [2.45, 2.75) is 31.2 Å². The number of carbonyl (C=O) groups is 1. The molecule has 0 aliphatic carbocycles. The van der Waals surface area contributed by atoms with Gasteiger partial charge in [-0.15, -0.1) is 0 Å². The number of carbonyl (C=O) groups excluding carboxylic acids is 1. The van der Waals surface area contributed by atoms with Crippen LogP contribution in [0.4, 0.5) is 4.39 Å². The van der Waals surface area contributed by atoms with Gasteiger partial charge in [-0.05, 0) is 36.1 Å². The first-order chi connectivity index (χ1) is 13.9. The summed E-state index contributed by atoms with van der Waals surface area (Å²) in [6, 6.07) is 10.1. The number of hydrogen-bond donors (Lipinski definition) is 3. The van der Waals surface area contributed by atoms with Crippen LogP contribution in [0.3, 0.4) is 0 Å². The van der Waals surface area contributed by atoms with Crippen molar-refractivity contribution in [1.82, 2.24) is 4.90 Å². The van der Waals surface area contributed by atoms with Crippen LogP contribution in [0.15, 0.2) is 36.4 Å². The van der Waals surface area contributed by atoms with Crippen LogP contribution >= 0.6 is 0 Å². The van der Waals surface area contributed by atoms with Crippen LogP contribution < -0.4 is 15.9 Å². The van der Waals surface area contributed by atoms with E-state index in [-0.39, 0.29) is 23.2 Å². The van der Waals surface area contributed by atoms with E-state index < -0.39 is 12.9 Å². The highest BCUT2D eigenvalue weighted by Crippen LogP contribution is 2.45. The highest BCUT2D eigenvalue weighted by molar-refractivity contribution is 6.58. The van der Waals surface area contributed by atoms with Gasteiger partial charge in [0.25, 0.3) is 0 Å². The molecule has 8 heteroatoms. The fraction of sp³-hybridized carbons (Fsp3) is 0.381. The van der Waals surface area contributed by atoms with E-state index in [4.69, 9.17) is 20.5 Å². The number of hydrogen-bond acceptors (Lipinski definition) is 5. The van der Waals surface area contributed by atoms with E-state index in [0.29, 0.717) is 31.8 Å². The maximum Gasteiger partial charge on any atom is 0.491 e. The van der Waals surface area contributed by atoms with E-state index in [1.54, 1.807) is 6.07 Å². The topological polar surface area (TPSA) is 96.0 Å². The third kappa shape index (κ3) is 3.75. The van der Waals surface area contributed by atoms with Crippen molar-refractivity contribution >= 4 is 18.5 Å². The van der Waals surface area contributed by atoms with Gasteiger partial charge in [0.05, 0.1) is 13.0 Å². The zero-order valence-electron chi connectivity index (χ0n) is 16.1. The third-order valence-electron chi connectivity index (χ3n) is 6.13. The fourth-order valence-corrected chi connectivity index (χ4v) is 4.31. The fourth-order valence-electron chi connectivity index (χ4n) is 4.31. The maximum atomic E-state index is 13.9. The number of nitrogens with zero attached hydrogens (tertiary/aromatic N) is 1. The molecule has 1 amide bonds. The molecular formula is C21H24BFN2O4. The Morgan fingerprint density at radius 1 is 1.17 bits per heavy atom. The molecule has 0 unspecified atom stereocenters. The van der Waals surface area contributed by atoms with Crippen molar-refractivity contribution in [2.24, 2.45) is 5.73 Å². The molecule has 0 radical (unpaired) electrons. The largest absolute Gasteiger partial charge is 0.492 e. The minimum absolute atomic E-state index is 0.0635. The maximum absolute atomic E-state index is 13.9. The van der Waals surface area contributed by atoms with Crippen LogP contribution in [0.5, 0.6) is 5.75 Å². The molecule has 152 valence electrons. The SMILES string of the molecule is NCc1ccc2c(c1)C1(CCN(C(=O)Cc3ccc(B(O)O)c(F)c3)CC1)CO2. The molecule has 2 aromatic carbocycles. The normalized spacial score (nSPS) is 17.2. The monoisotopic (exact) mass is 398 g/mol. The van der Waals surface area contributed by atoms with E-state index in [2.05, 4.69) is 6.07 Å². The molecule has 2 heterocycles. The Hall–Kier alpha value is -2.42. The molecule has 2 aliphatic heterocycles. The van der Waals surface area contributed by atoms with E-state index in [0.717, 1.165) is 24.2 Å². The first kappa shape index (κ1) is 19.9. The summed E-state index contributed by atoms with van der Waals surface area (Å²) in [5, 5.41) is 18.2. The van der Waals surface area contributed by atoms with Crippen LogP contribution in [-0.4, -0.2) is 47.7 Å². The van der Waals surface area contributed by atoms with Gasteiger partial charge in [0.15, 0.2) is 0 Å². The van der Waals surface area contributed by atoms with Gasteiger partial charge in [0, 0.05) is 36.1 Å². The summed E-state index contributed by atoms with van der Waals surface area (Å²) >= 11 is 0. The molecule has 4 N–H and O–H groups in total. The van der Waals surface area contributed by atoms with Crippen molar-refractivity contribution in [2.75, 3.05) is 19.7 Å². The second kappa shape index (κ2) is 7.78. The lowest BCUT2D eigenvalue weighted by Gasteiger charge is -2.38. The van der Waals surface area contributed by atoms with Gasteiger partial charge >= 0.3 is 7.12 Å². The first-order valence-corrected chi connectivity index (χ1v) is 9.80. The number of halogens is 1. The predicted octanol–water partition coefficient (Wildman–Crippen LogP) is 0.460. The molecule has 1 spiro atoms. The zero-order valence-corrected chi connectivity index (χ0v) is 16.1. The summed E-state index contributed by atoms with van der Waals surface area (Å²) in [5.74, 6) is 0.119. The van der Waals surface area contributed by atoms with Crippen molar-refractivity contribution in [3.05, 3.63) is 58.9 Å². The van der Waals surface area contributed by atoms with Gasteiger partial charge in [-0.3, -0.25) is 4.79 Å².